The largest absolute Gasteiger partial charge is 0.483 e. The predicted octanol–water partition coefficient (Wildman–Crippen LogP) is 2.89. The van der Waals surface area contributed by atoms with E-state index in [9.17, 15) is 4.79 Å². The van der Waals surface area contributed by atoms with Crippen LogP contribution in [0.2, 0.25) is 0 Å². The third kappa shape index (κ3) is 8.57. The summed E-state index contributed by atoms with van der Waals surface area (Å²) in [6.45, 7) is 4.67. The Kier molecular flexibility index (Phi) is 12.9. The van der Waals surface area contributed by atoms with Crippen molar-refractivity contribution in [2.45, 2.75) is 57.2 Å². The standard InChI is InChI=1S/C25H39N3O2.2CH2O2/c1-26(2)23-14-21-17-28(18-22(21)15-24(23)30-3)25(29)20-10-8-19(9-11-20)16-27-12-6-4-5-7-13-27;2*2-1-3/h8-11,21-24H,4-7,12-18H2,1-3H3;2*1H,(H,2,3)/t21-,22+,23-,24-;;/m1../s1. The van der Waals surface area contributed by atoms with Gasteiger partial charge in [0.15, 0.2) is 0 Å². The smallest absolute Gasteiger partial charge is 0.290 e. The Labute approximate surface area is 215 Å². The van der Waals surface area contributed by atoms with Gasteiger partial charge in [0.05, 0.1) is 6.10 Å². The molecule has 4 rings (SSSR count). The number of methoxy groups -OCH3 is 1. The fraction of sp³-hybridized carbons (Fsp3) is 0.667. The SMILES string of the molecule is CO[C@@H]1C[C@H]2CN(C(=O)c3ccc(CN4CCCCCC4)cc3)C[C@H]2C[C@H]1N(C)C.O=CO.O=CO. The van der Waals surface area contributed by atoms with Crippen molar-refractivity contribution >= 4 is 18.9 Å². The van der Waals surface area contributed by atoms with Gasteiger partial charge in [0.2, 0.25) is 0 Å². The highest BCUT2D eigenvalue weighted by atomic mass is 16.5. The van der Waals surface area contributed by atoms with Crippen LogP contribution in [0, 0.1) is 11.8 Å². The Morgan fingerprint density at radius 2 is 1.50 bits per heavy atom. The number of carboxylic acid groups (broad SMARTS) is 2. The number of carbonyl (C=O) groups excluding carboxylic acids is 1. The molecule has 1 amide bonds. The van der Waals surface area contributed by atoms with Gasteiger partial charge in [0, 0.05) is 38.3 Å². The third-order valence-corrected chi connectivity index (χ3v) is 7.64. The Balaban J connectivity index is 0.000000693. The lowest BCUT2D eigenvalue weighted by Crippen LogP contribution is -2.47. The second-order valence-electron chi connectivity index (χ2n) is 10.1. The molecule has 0 aromatic heterocycles. The first-order chi connectivity index (χ1) is 17.4. The number of fused-ring (bicyclic) bond motifs is 1. The number of ether oxygens (including phenoxy) is 1. The van der Waals surface area contributed by atoms with E-state index < -0.39 is 0 Å². The van der Waals surface area contributed by atoms with Gasteiger partial charge >= 0.3 is 0 Å². The number of amides is 1. The quantitative estimate of drug-likeness (QED) is 0.588. The van der Waals surface area contributed by atoms with E-state index in [1.54, 1.807) is 0 Å². The molecule has 4 atom stereocenters. The molecule has 1 aromatic rings. The van der Waals surface area contributed by atoms with Crippen molar-refractivity contribution in [3.8, 4) is 0 Å². The van der Waals surface area contributed by atoms with Crippen molar-refractivity contribution in [2.24, 2.45) is 11.8 Å². The van der Waals surface area contributed by atoms with Crippen LogP contribution in [0.15, 0.2) is 24.3 Å². The Morgan fingerprint density at radius 1 is 0.972 bits per heavy atom. The zero-order valence-corrected chi connectivity index (χ0v) is 21.9. The second-order valence-corrected chi connectivity index (χ2v) is 10.1. The average Bonchev–Trinajstić information content (AvgIpc) is 3.12. The fourth-order valence-electron chi connectivity index (χ4n) is 5.84. The zero-order chi connectivity index (χ0) is 26.5. The minimum atomic E-state index is -0.250. The summed E-state index contributed by atoms with van der Waals surface area (Å²) in [7, 11) is 6.11. The summed E-state index contributed by atoms with van der Waals surface area (Å²) in [5.41, 5.74) is 2.15. The molecule has 3 aliphatic rings. The number of likely N-dealkylation sites (tertiary alicyclic amines) is 2. The lowest BCUT2D eigenvalue weighted by atomic mass is 9.77. The Bertz CT molecular complexity index is 789. The first-order valence-corrected chi connectivity index (χ1v) is 12.8. The van der Waals surface area contributed by atoms with E-state index in [2.05, 4.69) is 40.9 Å². The van der Waals surface area contributed by atoms with E-state index >= 15 is 0 Å². The molecule has 1 aromatic carbocycles. The maximum atomic E-state index is 13.2. The second kappa shape index (κ2) is 15.6. The van der Waals surface area contributed by atoms with Gasteiger partial charge in [-0.05, 0) is 82.4 Å². The lowest BCUT2D eigenvalue weighted by molar-refractivity contribution is -0.123. The van der Waals surface area contributed by atoms with Crippen molar-refractivity contribution in [1.29, 1.82) is 0 Å². The minimum absolute atomic E-state index is 0.195. The average molecular weight is 506 g/mol. The van der Waals surface area contributed by atoms with E-state index in [0.717, 1.165) is 38.0 Å². The molecule has 1 aliphatic carbocycles. The van der Waals surface area contributed by atoms with E-state index in [4.69, 9.17) is 24.5 Å². The third-order valence-electron chi connectivity index (χ3n) is 7.64. The molecule has 3 fully saturated rings. The molecule has 9 heteroatoms. The molecule has 36 heavy (non-hydrogen) atoms. The number of hydrogen-bond acceptors (Lipinski definition) is 6. The molecule has 1 saturated carbocycles. The van der Waals surface area contributed by atoms with Gasteiger partial charge in [0.1, 0.15) is 0 Å². The molecule has 0 radical (unpaired) electrons. The molecule has 2 aliphatic heterocycles. The molecule has 2 N–H and O–H groups in total. The monoisotopic (exact) mass is 505 g/mol. The summed E-state index contributed by atoms with van der Waals surface area (Å²) in [4.78, 5) is 36.8. The highest BCUT2D eigenvalue weighted by Crippen LogP contribution is 2.39. The molecular formula is C27H43N3O6. The minimum Gasteiger partial charge on any atom is -0.483 e. The van der Waals surface area contributed by atoms with Crippen molar-refractivity contribution in [3.05, 3.63) is 35.4 Å². The highest BCUT2D eigenvalue weighted by Gasteiger charge is 2.44. The maximum absolute atomic E-state index is 13.2. The van der Waals surface area contributed by atoms with Crippen molar-refractivity contribution in [2.75, 3.05) is 47.4 Å². The van der Waals surface area contributed by atoms with Gasteiger partial charge < -0.3 is 24.7 Å². The van der Waals surface area contributed by atoms with Gasteiger partial charge in [0.25, 0.3) is 18.9 Å². The first-order valence-electron chi connectivity index (χ1n) is 12.8. The number of carbonyl (C=O) groups is 3. The van der Waals surface area contributed by atoms with E-state index in [1.807, 2.05) is 19.2 Å². The van der Waals surface area contributed by atoms with E-state index in [0.29, 0.717) is 17.9 Å². The molecule has 0 unspecified atom stereocenters. The summed E-state index contributed by atoms with van der Waals surface area (Å²) < 4.78 is 5.79. The van der Waals surface area contributed by atoms with Crippen LogP contribution in [0.4, 0.5) is 0 Å². The van der Waals surface area contributed by atoms with Crippen LogP contribution in [0.3, 0.4) is 0 Å². The van der Waals surface area contributed by atoms with Crippen LogP contribution in [-0.2, 0) is 20.9 Å². The number of benzene rings is 1. The van der Waals surface area contributed by atoms with Crippen molar-refractivity contribution < 1.29 is 29.3 Å². The zero-order valence-electron chi connectivity index (χ0n) is 21.9. The molecule has 202 valence electrons. The van der Waals surface area contributed by atoms with Gasteiger partial charge in [-0.25, -0.2) is 0 Å². The molecule has 2 heterocycles. The summed E-state index contributed by atoms with van der Waals surface area (Å²) in [6.07, 6.45) is 7.80. The molecule has 2 saturated heterocycles. The molecular weight excluding hydrogens is 462 g/mol. The molecule has 9 nitrogen and oxygen atoms in total. The summed E-state index contributed by atoms with van der Waals surface area (Å²) >= 11 is 0. The van der Waals surface area contributed by atoms with Crippen LogP contribution < -0.4 is 0 Å². The maximum Gasteiger partial charge on any atom is 0.290 e. The number of rotatable bonds is 5. The topological polar surface area (TPSA) is 111 Å². The Hall–Kier alpha value is -2.49. The fourth-order valence-corrected chi connectivity index (χ4v) is 5.84. The van der Waals surface area contributed by atoms with Gasteiger partial charge in [-0.15, -0.1) is 0 Å². The summed E-state index contributed by atoms with van der Waals surface area (Å²) in [6, 6.07) is 8.84. The summed E-state index contributed by atoms with van der Waals surface area (Å²) in [5, 5.41) is 13.8. The van der Waals surface area contributed by atoms with Crippen LogP contribution in [0.5, 0.6) is 0 Å². The summed E-state index contributed by atoms with van der Waals surface area (Å²) in [5.74, 6) is 1.36. The van der Waals surface area contributed by atoms with Crippen molar-refractivity contribution in [3.63, 3.8) is 0 Å². The van der Waals surface area contributed by atoms with Gasteiger partial charge in [-0.3, -0.25) is 19.3 Å². The Morgan fingerprint density at radius 3 is 2.00 bits per heavy atom. The number of nitrogens with zero attached hydrogens (tertiary/aromatic N) is 3. The van der Waals surface area contributed by atoms with Crippen LogP contribution in [-0.4, -0.2) is 103 Å². The van der Waals surface area contributed by atoms with E-state index in [-0.39, 0.29) is 25.0 Å². The van der Waals surface area contributed by atoms with Gasteiger partial charge in [-0.1, -0.05) is 25.0 Å². The highest BCUT2D eigenvalue weighted by molar-refractivity contribution is 5.94. The lowest BCUT2D eigenvalue weighted by Gasteiger charge is -2.40. The van der Waals surface area contributed by atoms with Crippen LogP contribution >= 0.6 is 0 Å². The first kappa shape index (κ1) is 29.7. The normalized spacial score (nSPS) is 25.9. The van der Waals surface area contributed by atoms with Crippen LogP contribution in [0.1, 0.15) is 54.4 Å². The predicted molar refractivity (Wildman–Crippen MR) is 138 cm³/mol. The van der Waals surface area contributed by atoms with Gasteiger partial charge in [-0.2, -0.15) is 0 Å². The van der Waals surface area contributed by atoms with Crippen LogP contribution in [0.25, 0.3) is 0 Å². The van der Waals surface area contributed by atoms with E-state index in [1.165, 1.54) is 44.3 Å². The molecule has 0 bridgehead atoms. The number of hydrogen-bond donors (Lipinski definition) is 2. The number of likely N-dealkylation sites (N-methyl/N-ethyl adjacent to an activating group) is 1. The van der Waals surface area contributed by atoms with Crippen molar-refractivity contribution in [1.82, 2.24) is 14.7 Å². The molecule has 0 spiro atoms.